The lowest BCUT2D eigenvalue weighted by Crippen LogP contribution is -2.03. The molecule has 0 radical (unpaired) electrons. The molecule has 0 aliphatic heterocycles. The normalized spacial score (nSPS) is 10.8. The highest BCUT2D eigenvalue weighted by molar-refractivity contribution is 5.21. The Morgan fingerprint density at radius 3 is 1.39 bits per heavy atom. The van der Waals surface area contributed by atoms with Gasteiger partial charge < -0.3 is 18.9 Å². The van der Waals surface area contributed by atoms with Gasteiger partial charge in [-0.25, -0.2) is 0 Å². The van der Waals surface area contributed by atoms with Crippen molar-refractivity contribution in [2.75, 3.05) is 40.6 Å². The van der Waals surface area contributed by atoms with Crippen LogP contribution in [0.1, 0.15) is 11.1 Å². The monoisotopic (exact) mass is 254 g/mol. The maximum Gasteiger partial charge on any atom is 0.0718 e. The van der Waals surface area contributed by atoms with Gasteiger partial charge in [0.1, 0.15) is 0 Å². The van der Waals surface area contributed by atoms with E-state index in [4.69, 9.17) is 18.9 Å². The van der Waals surface area contributed by atoms with E-state index in [0.29, 0.717) is 39.6 Å². The molecule has 1 rings (SSSR count). The standard InChI is InChI=1S/C14H22O4/c1-15-7-9-17-11-13-3-5-14(6-4-13)12-18-10-8-16-2/h3-6H,7-12H2,1-2H3. The molecule has 0 aliphatic rings. The number of rotatable bonds is 10. The first-order chi connectivity index (χ1) is 8.86. The maximum absolute atomic E-state index is 5.44. The minimum Gasteiger partial charge on any atom is -0.382 e. The van der Waals surface area contributed by atoms with Gasteiger partial charge >= 0.3 is 0 Å². The molecule has 0 heterocycles. The first-order valence-electron chi connectivity index (χ1n) is 6.08. The van der Waals surface area contributed by atoms with Crippen LogP contribution >= 0.6 is 0 Å². The van der Waals surface area contributed by atoms with Crippen molar-refractivity contribution < 1.29 is 18.9 Å². The Hall–Kier alpha value is -0.940. The second kappa shape index (κ2) is 10.0. The van der Waals surface area contributed by atoms with Gasteiger partial charge in [-0.15, -0.1) is 0 Å². The molecule has 4 heteroatoms. The second-order valence-corrected chi connectivity index (χ2v) is 3.91. The predicted octanol–water partition coefficient (Wildman–Crippen LogP) is 2.01. The van der Waals surface area contributed by atoms with Crippen LogP contribution in [0.25, 0.3) is 0 Å². The lowest BCUT2D eigenvalue weighted by Gasteiger charge is -2.06. The summed E-state index contributed by atoms with van der Waals surface area (Å²) < 4.78 is 20.7. The minimum atomic E-state index is 0.619. The van der Waals surface area contributed by atoms with Gasteiger partial charge in [0.25, 0.3) is 0 Å². The Labute approximate surface area is 109 Å². The topological polar surface area (TPSA) is 36.9 Å². The van der Waals surface area contributed by atoms with Crippen LogP contribution in [0.15, 0.2) is 24.3 Å². The van der Waals surface area contributed by atoms with Gasteiger partial charge in [0.15, 0.2) is 0 Å². The molecular weight excluding hydrogens is 232 g/mol. The maximum atomic E-state index is 5.44. The number of methoxy groups -OCH3 is 2. The van der Waals surface area contributed by atoms with Crippen LogP contribution in [0, 0.1) is 0 Å². The first-order valence-corrected chi connectivity index (χ1v) is 6.08. The summed E-state index contributed by atoms with van der Waals surface area (Å²) in [5, 5.41) is 0. The average molecular weight is 254 g/mol. The van der Waals surface area contributed by atoms with Crippen molar-refractivity contribution in [3.8, 4) is 0 Å². The molecule has 0 atom stereocenters. The van der Waals surface area contributed by atoms with E-state index in [2.05, 4.69) is 24.3 Å². The van der Waals surface area contributed by atoms with E-state index in [-0.39, 0.29) is 0 Å². The van der Waals surface area contributed by atoms with Crippen LogP contribution in [-0.2, 0) is 32.2 Å². The van der Waals surface area contributed by atoms with Crippen molar-refractivity contribution in [3.05, 3.63) is 35.4 Å². The average Bonchev–Trinajstić information content (AvgIpc) is 2.41. The number of hydrogen-bond donors (Lipinski definition) is 0. The zero-order valence-corrected chi connectivity index (χ0v) is 11.2. The molecule has 1 aromatic rings. The third-order valence-electron chi connectivity index (χ3n) is 2.42. The molecule has 0 fully saturated rings. The molecule has 0 aromatic heterocycles. The first kappa shape index (κ1) is 15.1. The van der Waals surface area contributed by atoms with E-state index in [0.717, 1.165) is 11.1 Å². The summed E-state index contributed by atoms with van der Waals surface area (Å²) >= 11 is 0. The molecule has 0 unspecified atom stereocenters. The molecule has 0 bridgehead atoms. The van der Waals surface area contributed by atoms with E-state index in [1.807, 2.05) is 0 Å². The van der Waals surface area contributed by atoms with Gasteiger partial charge in [0, 0.05) is 14.2 Å². The van der Waals surface area contributed by atoms with Gasteiger partial charge in [-0.3, -0.25) is 0 Å². The Bertz CT molecular complexity index is 266. The number of ether oxygens (including phenoxy) is 4. The minimum absolute atomic E-state index is 0.619. The van der Waals surface area contributed by atoms with E-state index in [1.165, 1.54) is 0 Å². The molecule has 102 valence electrons. The summed E-state index contributed by atoms with van der Waals surface area (Å²) in [5.74, 6) is 0. The van der Waals surface area contributed by atoms with E-state index in [9.17, 15) is 0 Å². The van der Waals surface area contributed by atoms with Crippen molar-refractivity contribution in [3.63, 3.8) is 0 Å². The van der Waals surface area contributed by atoms with Crippen molar-refractivity contribution in [2.45, 2.75) is 13.2 Å². The third kappa shape index (κ3) is 6.71. The fourth-order valence-corrected chi connectivity index (χ4v) is 1.40. The number of hydrogen-bond acceptors (Lipinski definition) is 4. The van der Waals surface area contributed by atoms with Crippen LogP contribution < -0.4 is 0 Å². The van der Waals surface area contributed by atoms with E-state index in [1.54, 1.807) is 14.2 Å². The van der Waals surface area contributed by atoms with Crippen molar-refractivity contribution >= 4 is 0 Å². The molecule has 18 heavy (non-hydrogen) atoms. The SMILES string of the molecule is COCCOCc1ccc(COCCOC)cc1. The number of benzene rings is 1. The summed E-state index contributed by atoms with van der Waals surface area (Å²) in [6, 6.07) is 8.23. The highest BCUT2D eigenvalue weighted by atomic mass is 16.5. The van der Waals surface area contributed by atoms with Crippen LogP contribution in [0.2, 0.25) is 0 Å². The lowest BCUT2D eigenvalue weighted by atomic mass is 10.1. The Balaban J connectivity index is 2.20. The Kier molecular flexibility index (Phi) is 8.42. The van der Waals surface area contributed by atoms with E-state index < -0.39 is 0 Å². The molecular formula is C14H22O4. The summed E-state index contributed by atoms with van der Waals surface area (Å²) in [7, 11) is 3.34. The Morgan fingerprint density at radius 2 is 1.06 bits per heavy atom. The van der Waals surface area contributed by atoms with Crippen molar-refractivity contribution in [2.24, 2.45) is 0 Å². The molecule has 0 spiro atoms. The molecule has 0 saturated heterocycles. The molecule has 0 amide bonds. The largest absolute Gasteiger partial charge is 0.382 e. The fraction of sp³-hybridized carbons (Fsp3) is 0.571. The molecule has 0 aliphatic carbocycles. The van der Waals surface area contributed by atoms with Crippen molar-refractivity contribution in [1.29, 1.82) is 0 Å². The highest BCUT2D eigenvalue weighted by Gasteiger charge is 1.96. The van der Waals surface area contributed by atoms with Gasteiger partial charge in [-0.1, -0.05) is 24.3 Å². The Morgan fingerprint density at radius 1 is 0.667 bits per heavy atom. The quantitative estimate of drug-likeness (QED) is 0.599. The summed E-state index contributed by atoms with van der Waals surface area (Å²) in [5.41, 5.74) is 2.32. The molecule has 0 saturated carbocycles. The summed E-state index contributed by atoms with van der Waals surface area (Å²) in [4.78, 5) is 0. The second-order valence-electron chi connectivity index (χ2n) is 3.91. The molecule has 0 N–H and O–H groups in total. The smallest absolute Gasteiger partial charge is 0.0718 e. The van der Waals surface area contributed by atoms with Gasteiger partial charge in [-0.05, 0) is 11.1 Å². The van der Waals surface area contributed by atoms with Crippen LogP contribution in [0.3, 0.4) is 0 Å². The highest BCUT2D eigenvalue weighted by Crippen LogP contribution is 2.07. The molecule has 4 nitrogen and oxygen atoms in total. The molecule has 1 aromatic carbocycles. The van der Waals surface area contributed by atoms with Crippen molar-refractivity contribution in [1.82, 2.24) is 0 Å². The zero-order valence-electron chi connectivity index (χ0n) is 11.2. The van der Waals surface area contributed by atoms with Gasteiger partial charge in [-0.2, -0.15) is 0 Å². The predicted molar refractivity (Wildman–Crippen MR) is 69.5 cm³/mol. The summed E-state index contributed by atoms with van der Waals surface area (Å²) in [6.07, 6.45) is 0. The van der Waals surface area contributed by atoms with Crippen LogP contribution in [0.4, 0.5) is 0 Å². The lowest BCUT2D eigenvalue weighted by molar-refractivity contribution is 0.0605. The van der Waals surface area contributed by atoms with Crippen LogP contribution in [-0.4, -0.2) is 40.6 Å². The van der Waals surface area contributed by atoms with E-state index >= 15 is 0 Å². The van der Waals surface area contributed by atoms with Gasteiger partial charge in [0.05, 0.1) is 39.6 Å². The third-order valence-corrected chi connectivity index (χ3v) is 2.42. The summed E-state index contributed by atoms with van der Waals surface area (Å²) in [6.45, 7) is 3.75. The van der Waals surface area contributed by atoms with Gasteiger partial charge in [0.2, 0.25) is 0 Å². The zero-order chi connectivity index (χ0) is 13.1. The fourth-order valence-electron chi connectivity index (χ4n) is 1.40. The van der Waals surface area contributed by atoms with Crippen LogP contribution in [0.5, 0.6) is 0 Å².